The van der Waals surface area contributed by atoms with Gasteiger partial charge in [-0.05, 0) is 50.6 Å². The van der Waals surface area contributed by atoms with Crippen LogP contribution in [0, 0.1) is 13.8 Å². The minimum absolute atomic E-state index is 0.312. The number of benzene rings is 2. The molecule has 0 saturated heterocycles. The Hall–Kier alpha value is -3.81. The van der Waals surface area contributed by atoms with Gasteiger partial charge < -0.3 is 14.8 Å². The molecule has 8 nitrogen and oxygen atoms in total. The summed E-state index contributed by atoms with van der Waals surface area (Å²) in [6.07, 6.45) is 3.01. The van der Waals surface area contributed by atoms with E-state index in [1.165, 1.54) is 7.11 Å². The molecule has 0 aliphatic carbocycles. The van der Waals surface area contributed by atoms with Crippen molar-refractivity contribution >= 4 is 17.6 Å². The minimum atomic E-state index is -0.312. The monoisotopic (exact) mass is 449 g/mol. The zero-order valence-corrected chi connectivity index (χ0v) is 19.8. The first-order valence-corrected chi connectivity index (χ1v) is 10.9. The van der Waals surface area contributed by atoms with Gasteiger partial charge in [0, 0.05) is 29.6 Å². The van der Waals surface area contributed by atoms with Crippen LogP contribution in [0.3, 0.4) is 0 Å². The molecule has 0 bridgehead atoms. The Kier molecular flexibility index (Phi) is 8.07. The smallest absolute Gasteiger partial charge is 0.258 e. The number of amides is 1. The zero-order chi connectivity index (χ0) is 23.8. The SMILES string of the molecule is CCCn1cc(CN=C(NC(=O)c2ccc(OC)c(OC)c2)Nc2ccc(C)cc2)c(C)n1. The quantitative estimate of drug-likeness (QED) is 0.395. The first-order valence-electron chi connectivity index (χ1n) is 10.9. The molecular formula is C25H31N5O3. The molecule has 2 aromatic carbocycles. The fourth-order valence-electron chi connectivity index (χ4n) is 3.26. The van der Waals surface area contributed by atoms with Gasteiger partial charge in [0.05, 0.1) is 26.5 Å². The third-order valence-corrected chi connectivity index (χ3v) is 5.10. The van der Waals surface area contributed by atoms with E-state index in [1.807, 2.05) is 49.0 Å². The van der Waals surface area contributed by atoms with Crippen molar-refractivity contribution in [3.8, 4) is 11.5 Å². The number of nitrogens with one attached hydrogen (secondary N) is 2. The molecule has 2 N–H and O–H groups in total. The van der Waals surface area contributed by atoms with Gasteiger partial charge in [-0.15, -0.1) is 0 Å². The molecule has 0 unspecified atom stereocenters. The number of guanidine groups is 1. The average Bonchev–Trinajstić information content (AvgIpc) is 3.17. The number of methoxy groups -OCH3 is 2. The Morgan fingerprint density at radius 2 is 1.79 bits per heavy atom. The van der Waals surface area contributed by atoms with Crippen molar-refractivity contribution < 1.29 is 14.3 Å². The lowest BCUT2D eigenvalue weighted by Gasteiger charge is -2.13. The molecule has 33 heavy (non-hydrogen) atoms. The lowest BCUT2D eigenvalue weighted by molar-refractivity contribution is 0.0976. The van der Waals surface area contributed by atoms with Gasteiger partial charge in [-0.25, -0.2) is 4.99 Å². The number of anilines is 1. The topological polar surface area (TPSA) is 89.8 Å². The second-order valence-corrected chi connectivity index (χ2v) is 7.68. The predicted molar refractivity (Wildman–Crippen MR) is 130 cm³/mol. The molecule has 0 spiro atoms. The normalized spacial score (nSPS) is 11.2. The number of hydrogen-bond acceptors (Lipinski definition) is 5. The molecule has 0 atom stereocenters. The van der Waals surface area contributed by atoms with Gasteiger partial charge in [0.1, 0.15) is 0 Å². The predicted octanol–water partition coefficient (Wildman–Crippen LogP) is 4.33. The van der Waals surface area contributed by atoms with Gasteiger partial charge in [0.25, 0.3) is 5.91 Å². The number of rotatable bonds is 8. The van der Waals surface area contributed by atoms with Gasteiger partial charge in [0.2, 0.25) is 5.96 Å². The highest BCUT2D eigenvalue weighted by molar-refractivity contribution is 6.10. The molecule has 8 heteroatoms. The van der Waals surface area contributed by atoms with Crippen molar-refractivity contribution in [2.45, 2.75) is 40.3 Å². The van der Waals surface area contributed by atoms with Crippen molar-refractivity contribution in [1.82, 2.24) is 15.1 Å². The molecule has 3 rings (SSSR count). The van der Waals surface area contributed by atoms with Crippen LogP contribution in [0.4, 0.5) is 5.69 Å². The van der Waals surface area contributed by atoms with Crippen LogP contribution in [-0.2, 0) is 13.1 Å². The lowest BCUT2D eigenvalue weighted by atomic mass is 10.2. The third-order valence-electron chi connectivity index (χ3n) is 5.10. The summed E-state index contributed by atoms with van der Waals surface area (Å²) < 4.78 is 12.5. The third kappa shape index (κ3) is 6.35. The number of ether oxygens (including phenoxy) is 2. The number of aliphatic imine (C=N–C) groups is 1. The maximum Gasteiger partial charge on any atom is 0.258 e. The first kappa shape index (κ1) is 23.8. The highest BCUT2D eigenvalue weighted by Gasteiger charge is 2.14. The van der Waals surface area contributed by atoms with Crippen molar-refractivity contribution in [2.24, 2.45) is 4.99 Å². The van der Waals surface area contributed by atoms with E-state index in [0.29, 0.717) is 29.6 Å². The maximum absolute atomic E-state index is 13.0. The van der Waals surface area contributed by atoms with Crippen molar-refractivity contribution in [3.63, 3.8) is 0 Å². The summed E-state index contributed by atoms with van der Waals surface area (Å²) in [7, 11) is 3.09. The summed E-state index contributed by atoms with van der Waals surface area (Å²) in [6.45, 7) is 7.34. The van der Waals surface area contributed by atoms with Crippen molar-refractivity contribution in [3.05, 3.63) is 71.0 Å². The number of carbonyl (C=O) groups is 1. The van der Waals surface area contributed by atoms with Gasteiger partial charge in [-0.3, -0.25) is 14.8 Å². The van der Waals surface area contributed by atoms with Crippen LogP contribution >= 0.6 is 0 Å². The van der Waals surface area contributed by atoms with Gasteiger partial charge in [-0.1, -0.05) is 24.6 Å². The molecule has 1 amide bonds. The van der Waals surface area contributed by atoms with E-state index >= 15 is 0 Å². The van der Waals surface area contributed by atoms with E-state index < -0.39 is 0 Å². The number of aryl methyl sites for hydroxylation is 3. The molecular weight excluding hydrogens is 418 g/mol. The summed E-state index contributed by atoms with van der Waals surface area (Å²) in [5, 5.41) is 10.6. The molecule has 1 heterocycles. The highest BCUT2D eigenvalue weighted by atomic mass is 16.5. The minimum Gasteiger partial charge on any atom is -0.493 e. The summed E-state index contributed by atoms with van der Waals surface area (Å²) in [5.41, 5.74) is 4.33. The van der Waals surface area contributed by atoms with Crippen LogP contribution in [0.2, 0.25) is 0 Å². The summed E-state index contributed by atoms with van der Waals surface area (Å²) in [6, 6.07) is 12.9. The van der Waals surface area contributed by atoms with E-state index in [9.17, 15) is 4.79 Å². The van der Waals surface area contributed by atoms with Crippen LogP contribution in [0.25, 0.3) is 0 Å². The Morgan fingerprint density at radius 3 is 2.45 bits per heavy atom. The molecule has 0 radical (unpaired) electrons. The van der Waals surface area contributed by atoms with Crippen LogP contribution < -0.4 is 20.1 Å². The van der Waals surface area contributed by atoms with Gasteiger partial charge in [-0.2, -0.15) is 5.10 Å². The Balaban J connectivity index is 1.84. The van der Waals surface area contributed by atoms with Gasteiger partial charge in [0.15, 0.2) is 11.5 Å². The molecule has 0 aliphatic rings. The number of nitrogens with zero attached hydrogens (tertiary/aromatic N) is 3. The van der Waals surface area contributed by atoms with E-state index in [-0.39, 0.29) is 5.91 Å². The first-order chi connectivity index (χ1) is 15.9. The lowest BCUT2D eigenvalue weighted by Crippen LogP contribution is -2.36. The molecule has 0 aliphatic heterocycles. The van der Waals surface area contributed by atoms with Crippen molar-refractivity contribution in [1.29, 1.82) is 0 Å². The molecule has 0 fully saturated rings. The summed E-state index contributed by atoms with van der Waals surface area (Å²) in [4.78, 5) is 17.6. The summed E-state index contributed by atoms with van der Waals surface area (Å²) >= 11 is 0. The standard InChI is InChI=1S/C25H31N5O3/c1-6-13-30-16-20(18(3)29-30)15-26-25(27-21-10-7-17(2)8-11-21)28-24(31)19-9-12-22(32-4)23(14-19)33-5/h7-12,14,16H,6,13,15H2,1-5H3,(H2,26,27,28,31). The Labute approximate surface area is 194 Å². The number of hydrogen-bond donors (Lipinski definition) is 2. The maximum atomic E-state index is 13.0. The number of carbonyl (C=O) groups excluding carboxylic acids is 1. The molecule has 3 aromatic rings. The zero-order valence-electron chi connectivity index (χ0n) is 19.8. The summed E-state index contributed by atoms with van der Waals surface area (Å²) in [5.74, 6) is 1.07. The van der Waals surface area contributed by atoms with E-state index in [2.05, 4.69) is 27.6 Å². The van der Waals surface area contributed by atoms with Crippen LogP contribution in [0.15, 0.2) is 53.7 Å². The largest absolute Gasteiger partial charge is 0.493 e. The van der Waals surface area contributed by atoms with Crippen LogP contribution in [0.1, 0.15) is 40.5 Å². The van der Waals surface area contributed by atoms with E-state index in [1.54, 1.807) is 25.3 Å². The van der Waals surface area contributed by atoms with Crippen LogP contribution in [0.5, 0.6) is 11.5 Å². The number of aromatic nitrogens is 2. The Bertz CT molecular complexity index is 1120. The molecule has 0 saturated carbocycles. The van der Waals surface area contributed by atoms with Crippen molar-refractivity contribution in [2.75, 3.05) is 19.5 Å². The second-order valence-electron chi connectivity index (χ2n) is 7.68. The van der Waals surface area contributed by atoms with E-state index in [0.717, 1.165) is 35.5 Å². The van der Waals surface area contributed by atoms with E-state index in [4.69, 9.17) is 9.47 Å². The second kappa shape index (κ2) is 11.2. The average molecular weight is 450 g/mol. The fourth-order valence-corrected chi connectivity index (χ4v) is 3.26. The highest BCUT2D eigenvalue weighted by Crippen LogP contribution is 2.27. The Morgan fingerprint density at radius 1 is 1.06 bits per heavy atom. The fraction of sp³-hybridized carbons (Fsp3) is 0.320. The van der Waals surface area contributed by atoms with Crippen LogP contribution in [-0.4, -0.2) is 35.9 Å². The van der Waals surface area contributed by atoms with Gasteiger partial charge >= 0.3 is 0 Å². The molecule has 1 aromatic heterocycles. The molecule has 174 valence electrons.